The zero-order valence-electron chi connectivity index (χ0n) is 13.7. The molecule has 5 heteroatoms. The van der Waals surface area contributed by atoms with Gasteiger partial charge in [-0.3, -0.25) is 0 Å². The minimum Gasteiger partial charge on any atom is -0.392 e. The van der Waals surface area contributed by atoms with Gasteiger partial charge in [-0.1, -0.05) is 19.8 Å². The third kappa shape index (κ3) is 4.13. The summed E-state index contributed by atoms with van der Waals surface area (Å²) in [5.41, 5.74) is 1.63. The zero-order chi connectivity index (χ0) is 16.2. The average Bonchev–Trinajstić information content (AvgIpc) is 2.49. The Morgan fingerprint density at radius 1 is 1.32 bits per heavy atom. The summed E-state index contributed by atoms with van der Waals surface area (Å²) in [5, 5.41) is 15.9. The Morgan fingerprint density at radius 3 is 2.59 bits per heavy atom. The Kier molecular flexibility index (Phi) is 5.29. The number of rotatable bonds is 4. The van der Waals surface area contributed by atoms with Crippen LogP contribution in [0.3, 0.4) is 0 Å². The lowest BCUT2D eigenvalue weighted by atomic mass is 9.73. The summed E-state index contributed by atoms with van der Waals surface area (Å²) in [6.07, 6.45) is 3.63. The Labute approximate surface area is 132 Å². The van der Waals surface area contributed by atoms with E-state index in [4.69, 9.17) is 0 Å². The molecule has 0 saturated heterocycles. The molecule has 1 fully saturated rings. The van der Waals surface area contributed by atoms with Crippen molar-refractivity contribution in [2.24, 2.45) is 5.41 Å². The van der Waals surface area contributed by atoms with E-state index in [1.165, 1.54) is 0 Å². The minimum absolute atomic E-state index is 0.218. The Balaban J connectivity index is 1.85. The van der Waals surface area contributed by atoms with Gasteiger partial charge in [0.05, 0.1) is 6.10 Å². The summed E-state index contributed by atoms with van der Waals surface area (Å²) < 4.78 is 0. The number of amides is 2. The minimum atomic E-state index is -0.332. The second kappa shape index (κ2) is 7.01. The molecule has 2 amide bonds. The Morgan fingerprint density at radius 2 is 2.00 bits per heavy atom. The standard InChI is InChI=1S/C17H27N3O2/c1-17(11-5-4-6-15(17)21)12-18-16(22)19-13-7-9-14(10-8-13)20(2)3/h7-10,15,21H,4-6,11-12H2,1-3H3,(H2,18,19,22). The molecule has 122 valence electrons. The fourth-order valence-electron chi connectivity index (χ4n) is 2.89. The normalized spacial score (nSPS) is 24.6. The second-order valence-electron chi connectivity index (χ2n) is 6.66. The highest BCUT2D eigenvalue weighted by Gasteiger charge is 2.35. The van der Waals surface area contributed by atoms with E-state index in [-0.39, 0.29) is 17.6 Å². The topological polar surface area (TPSA) is 64.6 Å². The first-order valence-corrected chi connectivity index (χ1v) is 7.91. The van der Waals surface area contributed by atoms with Gasteiger partial charge in [-0.2, -0.15) is 0 Å². The molecular formula is C17H27N3O2. The van der Waals surface area contributed by atoms with E-state index >= 15 is 0 Å². The van der Waals surface area contributed by atoms with E-state index in [1.807, 2.05) is 50.2 Å². The summed E-state index contributed by atoms with van der Waals surface area (Å²) >= 11 is 0. The van der Waals surface area contributed by atoms with Crippen LogP contribution in [-0.4, -0.2) is 37.9 Å². The summed E-state index contributed by atoms with van der Waals surface area (Å²) in [6, 6.07) is 7.46. The number of urea groups is 1. The van der Waals surface area contributed by atoms with E-state index in [0.717, 1.165) is 37.1 Å². The number of aliphatic hydroxyl groups excluding tert-OH is 1. The Bertz CT molecular complexity index is 501. The molecule has 1 aromatic rings. The van der Waals surface area contributed by atoms with Crippen LogP contribution in [0.2, 0.25) is 0 Å². The number of carbonyl (C=O) groups excluding carboxylic acids is 1. The van der Waals surface area contributed by atoms with Crippen LogP contribution >= 0.6 is 0 Å². The number of nitrogens with one attached hydrogen (secondary N) is 2. The lowest BCUT2D eigenvalue weighted by Crippen LogP contribution is -2.46. The number of benzene rings is 1. The van der Waals surface area contributed by atoms with E-state index in [2.05, 4.69) is 10.6 Å². The molecule has 1 aliphatic rings. The molecule has 2 atom stereocenters. The second-order valence-corrected chi connectivity index (χ2v) is 6.66. The van der Waals surface area contributed by atoms with E-state index in [9.17, 15) is 9.90 Å². The number of hydrogen-bond donors (Lipinski definition) is 3. The van der Waals surface area contributed by atoms with Crippen molar-refractivity contribution in [1.82, 2.24) is 5.32 Å². The van der Waals surface area contributed by atoms with Gasteiger partial charge in [-0.25, -0.2) is 4.79 Å². The maximum atomic E-state index is 12.0. The molecular weight excluding hydrogens is 278 g/mol. The molecule has 0 aliphatic heterocycles. The van der Waals surface area contributed by atoms with Crippen LogP contribution in [0, 0.1) is 5.41 Å². The van der Waals surface area contributed by atoms with Crippen LogP contribution in [0.1, 0.15) is 32.6 Å². The molecule has 22 heavy (non-hydrogen) atoms. The molecule has 5 nitrogen and oxygen atoms in total. The van der Waals surface area contributed by atoms with Crippen molar-refractivity contribution in [3.8, 4) is 0 Å². The molecule has 0 bridgehead atoms. The number of nitrogens with zero attached hydrogens (tertiary/aromatic N) is 1. The molecule has 0 spiro atoms. The fraction of sp³-hybridized carbons (Fsp3) is 0.588. The molecule has 1 aromatic carbocycles. The van der Waals surface area contributed by atoms with Crippen LogP contribution in [0.4, 0.5) is 16.2 Å². The monoisotopic (exact) mass is 305 g/mol. The third-order valence-electron chi connectivity index (χ3n) is 4.57. The highest BCUT2D eigenvalue weighted by molar-refractivity contribution is 5.89. The maximum absolute atomic E-state index is 12.0. The molecule has 1 aliphatic carbocycles. The van der Waals surface area contributed by atoms with Crippen molar-refractivity contribution in [3.63, 3.8) is 0 Å². The van der Waals surface area contributed by atoms with Crippen LogP contribution in [0.5, 0.6) is 0 Å². The van der Waals surface area contributed by atoms with E-state index in [1.54, 1.807) is 0 Å². The number of anilines is 2. The maximum Gasteiger partial charge on any atom is 0.319 e. The quantitative estimate of drug-likeness (QED) is 0.801. The van der Waals surface area contributed by atoms with Gasteiger partial charge in [0.1, 0.15) is 0 Å². The van der Waals surface area contributed by atoms with Gasteiger partial charge in [0.25, 0.3) is 0 Å². The number of carbonyl (C=O) groups is 1. The molecule has 0 heterocycles. The highest BCUT2D eigenvalue weighted by Crippen LogP contribution is 2.35. The zero-order valence-corrected chi connectivity index (χ0v) is 13.7. The van der Waals surface area contributed by atoms with E-state index in [0.29, 0.717) is 6.54 Å². The smallest absolute Gasteiger partial charge is 0.319 e. The largest absolute Gasteiger partial charge is 0.392 e. The molecule has 0 aromatic heterocycles. The Hall–Kier alpha value is -1.75. The summed E-state index contributed by atoms with van der Waals surface area (Å²) in [6.45, 7) is 2.54. The van der Waals surface area contributed by atoms with Crippen molar-refractivity contribution < 1.29 is 9.90 Å². The van der Waals surface area contributed by atoms with Gasteiger partial charge < -0.3 is 20.6 Å². The van der Waals surface area contributed by atoms with Gasteiger partial charge in [0.15, 0.2) is 0 Å². The number of hydrogen-bond acceptors (Lipinski definition) is 3. The van der Waals surface area contributed by atoms with Gasteiger partial charge in [-0.15, -0.1) is 0 Å². The SMILES string of the molecule is CN(C)c1ccc(NC(=O)NCC2(C)CCCCC2O)cc1. The molecule has 0 radical (unpaired) electrons. The average molecular weight is 305 g/mol. The summed E-state index contributed by atoms with van der Waals surface area (Å²) in [4.78, 5) is 14.0. The van der Waals surface area contributed by atoms with Crippen LogP contribution in [0.15, 0.2) is 24.3 Å². The van der Waals surface area contributed by atoms with Crippen LogP contribution in [0.25, 0.3) is 0 Å². The highest BCUT2D eigenvalue weighted by atomic mass is 16.3. The molecule has 3 N–H and O–H groups in total. The predicted octanol–water partition coefficient (Wildman–Crippen LogP) is 2.82. The molecule has 2 rings (SSSR count). The first kappa shape index (κ1) is 16.6. The van der Waals surface area contributed by atoms with Crippen molar-refractivity contribution in [2.45, 2.75) is 38.7 Å². The van der Waals surface area contributed by atoms with Gasteiger partial charge >= 0.3 is 6.03 Å². The van der Waals surface area contributed by atoms with Crippen molar-refractivity contribution in [2.75, 3.05) is 30.9 Å². The van der Waals surface area contributed by atoms with Gasteiger partial charge in [-0.05, 0) is 37.1 Å². The van der Waals surface area contributed by atoms with Crippen LogP contribution < -0.4 is 15.5 Å². The van der Waals surface area contributed by atoms with E-state index < -0.39 is 0 Å². The van der Waals surface area contributed by atoms with Crippen molar-refractivity contribution in [3.05, 3.63) is 24.3 Å². The van der Waals surface area contributed by atoms with Crippen LogP contribution in [-0.2, 0) is 0 Å². The molecule has 1 saturated carbocycles. The van der Waals surface area contributed by atoms with Crippen molar-refractivity contribution in [1.29, 1.82) is 0 Å². The molecule has 2 unspecified atom stereocenters. The van der Waals surface area contributed by atoms with Gasteiger partial charge in [0, 0.05) is 37.4 Å². The predicted molar refractivity (Wildman–Crippen MR) is 90.4 cm³/mol. The number of aliphatic hydroxyl groups is 1. The first-order valence-electron chi connectivity index (χ1n) is 7.91. The third-order valence-corrected chi connectivity index (χ3v) is 4.57. The lowest BCUT2D eigenvalue weighted by molar-refractivity contribution is 0.00333. The van der Waals surface area contributed by atoms with Crippen molar-refractivity contribution >= 4 is 17.4 Å². The van der Waals surface area contributed by atoms with Gasteiger partial charge in [0.2, 0.25) is 0 Å². The summed E-state index contributed by atoms with van der Waals surface area (Å²) in [5.74, 6) is 0. The first-order chi connectivity index (χ1) is 10.4. The lowest BCUT2D eigenvalue weighted by Gasteiger charge is -2.38. The summed E-state index contributed by atoms with van der Waals surface area (Å²) in [7, 11) is 3.95. The fourth-order valence-corrected chi connectivity index (χ4v) is 2.89.